The molecule has 0 heterocycles. The molecule has 0 aromatic heterocycles. The second-order valence-electron chi connectivity index (χ2n) is 4.80. The minimum absolute atomic E-state index is 0.0747. The van der Waals surface area contributed by atoms with Gasteiger partial charge in [-0.1, -0.05) is 12.8 Å². The Bertz CT molecular complexity index is 519. The molecule has 6 nitrogen and oxygen atoms in total. The summed E-state index contributed by atoms with van der Waals surface area (Å²) in [5.74, 6) is 0. The van der Waals surface area contributed by atoms with Gasteiger partial charge in [-0.15, -0.1) is 0 Å². The summed E-state index contributed by atoms with van der Waals surface area (Å²) in [6, 6.07) is 6.19. The number of nitrogens with zero attached hydrogens (tertiary/aromatic N) is 2. The highest BCUT2D eigenvalue weighted by atomic mass is 16.6. The van der Waals surface area contributed by atoms with E-state index in [0.29, 0.717) is 24.9 Å². The zero-order valence-corrected chi connectivity index (χ0v) is 11.2. The van der Waals surface area contributed by atoms with Gasteiger partial charge in [0.15, 0.2) is 0 Å². The summed E-state index contributed by atoms with van der Waals surface area (Å²) in [6.45, 7) is 1.16. The number of hydrogen-bond donors (Lipinski definition) is 1. The zero-order chi connectivity index (χ0) is 14.4. The second-order valence-corrected chi connectivity index (χ2v) is 4.80. The topological polar surface area (TPSA) is 88.2 Å². The first kappa shape index (κ1) is 14.3. The molecule has 1 saturated carbocycles. The second kappa shape index (κ2) is 6.87. The normalized spacial score (nSPS) is 14.9. The maximum Gasteiger partial charge on any atom is 0.270 e. The minimum Gasteiger partial charge on any atom is -0.382 e. The van der Waals surface area contributed by atoms with Gasteiger partial charge in [-0.3, -0.25) is 10.1 Å². The SMILES string of the molecule is N#Cc1cc([N+](=O)[O-])ccc1NCCOC1CCCC1. The summed E-state index contributed by atoms with van der Waals surface area (Å²) in [7, 11) is 0. The molecule has 1 aliphatic rings. The molecule has 0 aliphatic heterocycles. The number of hydrogen-bond acceptors (Lipinski definition) is 5. The average molecular weight is 275 g/mol. The smallest absolute Gasteiger partial charge is 0.270 e. The Morgan fingerprint density at radius 3 is 2.85 bits per heavy atom. The lowest BCUT2D eigenvalue weighted by atomic mass is 10.1. The van der Waals surface area contributed by atoms with Crippen LogP contribution in [0.2, 0.25) is 0 Å². The van der Waals surface area contributed by atoms with Crippen LogP contribution in [0.3, 0.4) is 0 Å². The van der Waals surface area contributed by atoms with E-state index in [0.717, 1.165) is 12.8 Å². The lowest BCUT2D eigenvalue weighted by Crippen LogP contribution is -2.15. The third-order valence-electron chi connectivity index (χ3n) is 3.41. The van der Waals surface area contributed by atoms with Gasteiger partial charge in [0.05, 0.1) is 28.9 Å². The van der Waals surface area contributed by atoms with Gasteiger partial charge in [-0.2, -0.15) is 5.26 Å². The number of nitriles is 1. The van der Waals surface area contributed by atoms with Gasteiger partial charge in [0.1, 0.15) is 6.07 Å². The van der Waals surface area contributed by atoms with Crippen molar-refractivity contribution >= 4 is 11.4 Å². The Hall–Kier alpha value is -2.13. The number of benzene rings is 1. The van der Waals surface area contributed by atoms with Gasteiger partial charge in [0, 0.05) is 18.7 Å². The Labute approximate surface area is 117 Å². The molecule has 1 aromatic rings. The molecule has 106 valence electrons. The van der Waals surface area contributed by atoms with Crippen LogP contribution in [0.5, 0.6) is 0 Å². The van der Waals surface area contributed by atoms with Gasteiger partial charge < -0.3 is 10.1 Å². The molecule has 2 rings (SSSR count). The molecule has 0 saturated heterocycles. The maximum absolute atomic E-state index is 10.6. The minimum atomic E-state index is -0.506. The number of ether oxygens (including phenoxy) is 1. The van der Waals surface area contributed by atoms with E-state index in [4.69, 9.17) is 10.00 Å². The van der Waals surface area contributed by atoms with Gasteiger partial charge in [0.25, 0.3) is 5.69 Å². The van der Waals surface area contributed by atoms with E-state index in [2.05, 4.69) is 5.32 Å². The highest BCUT2D eigenvalue weighted by Gasteiger charge is 2.15. The van der Waals surface area contributed by atoms with Crippen molar-refractivity contribution in [3.05, 3.63) is 33.9 Å². The number of nitro groups is 1. The predicted molar refractivity (Wildman–Crippen MR) is 74.5 cm³/mol. The standard InChI is InChI=1S/C14H17N3O3/c15-10-11-9-12(17(18)19)5-6-14(11)16-7-8-20-13-3-1-2-4-13/h5-6,9,13,16H,1-4,7-8H2. The fourth-order valence-electron chi connectivity index (χ4n) is 2.36. The van der Waals surface area contributed by atoms with Gasteiger partial charge in [-0.25, -0.2) is 0 Å². The predicted octanol–water partition coefficient (Wildman–Crippen LogP) is 2.84. The molecule has 0 radical (unpaired) electrons. The first-order chi connectivity index (χ1) is 9.70. The third kappa shape index (κ3) is 3.68. The summed E-state index contributed by atoms with van der Waals surface area (Å²) in [4.78, 5) is 10.1. The van der Waals surface area contributed by atoms with Crippen LogP contribution in [-0.4, -0.2) is 24.2 Å². The van der Waals surface area contributed by atoms with Crippen molar-refractivity contribution < 1.29 is 9.66 Å². The zero-order valence-electron chi connectivity index (χ0n) is 11.2. The van der Waals surface area contributed by atoms with E-state index in [1.54, 1.807) is 6.07 Å². The highest BCUT2D eigenvalue weighted by molar-refractivity contribution is 5.61. The quantitative estimate of drug-likeness (QED) is 0.490. The lowest BCUT2D eigenvalue weighted by Gasteiger charge is -2.12. The number of rotatable bonds is 6. The molecular weight excluding hydrogens is 258 g/mol. The molecule has 0 atom stereocenters. The van der Waals surface area contributed by atoms with Crippen LogP contribution < -0.4 is 5.32 Å². The third-order valence-corrected chi connectivity index (χ3v) is 3.41. The Balaban J connectivity index is 1.85. The average Bonchev–Trinajstić information content (AvgIpc) is 2.96. The van der Waals surface area contributed by atoms with E-state index < -0.39 is 4.92 Å². The van der Waals surface area contributed by atoms with Gasteiger partial charge in [0.2, 0.25) is 0 Å². The molecular formula is C14H17N3O3. The summed E-state index contributed by atoms with van der Waals surface area (Å²) in [5, 5.41) is 22.7. The van der Waals surface area contributed by atoms with Crippen LogP contribution in [0, 0.1) is 21.4 Å². The molecule has 6 heteroatoms. The van der Waals surface area contributed by atoms with Crippen LogP contribution in [0.15, 0.2) is 18.2 Å². The summed E-state index contributed by atoms with van der Waals surface area (Å²) < 4.78 is 5.71. The highest BCUT2D eigenvalue weighted by Crippen LogP contribution is 2.22. The van der Waals surface area contributed by atoms with Crippen molar-refractivity contribution in [1.29, 1.82) is 5.26 Å². The molecule has 0 bridgehead atoms. The van der Waals surface area contributed by atoms with E-state index in [9.17, 15) is 10.1 Å². The number of anilines is 1. The molecule has 1 aliphatic carbocycles. The van der Waals surface area contributed by atoms with Crippen LogP contribution >= 0.6 is 0 Å². The lowest BCUT2D eigenvalue weighted by molar-refractivity contribution is -0.384. The Morgan fingerprint density at radius 1 is 1.45 bits per heavy atom. The van der Waals surface area contributed by atoms with Crippen LogP contribution in [-0.2, 0) is 4.74 Å². The fourth-order valence-corrected chi connectivity index (χ4v) is 2.36. The molecule has 20 heavy (non-hydrogen) atoms. The molecule has 0 amide bonds. The van der Waals surface area contributed by atoms with Crippen molar-refractivity contribution in [3.8, 4) is 6.07 Å². The number of nitrogens with one attached hydrogen (secondary N) is 1. The first-order valence-electron chi connectivity index (χ1n) is 6.74. The van der Waals surface area contributed by atoms with E-state index in [1.165, 1.54) is 25.0 Å². The van der Waals surface area contributed by atoms with Crippen LogP contribution in [0.1, 0.15) is 31.2 Å². The summed E-state index contributed by atoms with van der Waals surface area (Å²) in [5.41, 5.74) is 0.808. The molecule has 1 aromatic carbocycles. The molecule has 1 fully saturated rings. The van der Waals surface area contributed by atoms with Crippen LogP contribution in [0.25, 0.3) is 0 Å². The largest absolute Gasteiger partial charge is 0.382 e. The summed E-state index contributed by atoms with van der Waals surface area (Å²) in [6.07, 6.45) is 5.09. The summed E-state index contributed by atoms with van der Waals surface area (Å²) >= 11 is 0. The van der Waals surface area contributed by atoms with Crippen molar-refractivity contribution in [3.63, 3.8) is 0 Å². The van der Waals surface area contributed by atoms with E-state index >= 15 is 0 Å². The maximum atomic E-state index is 10.6. The van der Waals surface area contributed by atoms with Crippen LogP contribution in [0.4, 0.5) is 11.4 Å². The van der Waals surface area contributed by atoms with Gasteiger partial charge in [-0.05, 0) is 18.9 Å². The van der Waals surface area contributed by atoms with Gasteiger partial charge >= 0.3 is 0 Å². The number of nitro benzene ring substituents is 1. The van der Waals surface area contributed by atoms with Crippen molar-refractivity contribution in [2.24, 2.45) is 0 Å². The molecule has 0 spiro atoms. The molecule has 0 unspecified atom stereocenters. The monoisotopic (exact) mass is 275 g/mol. The van der Waals surface area contributed by atoms with E-state index in [1.807, 2.05) is 6.07 Å². The fraction of sp³-hybridized carbons (Fsp3) is 0.500. The first-order valence-corrected chi connectivity index (χ1v) is 6.74. The molecule has 1 N–H and O–H groups in total. The van der Waals surface area contributed by atoms with Crippen molar-refractivity contribution in [2.45, 2.75) is 31.8 Å². The Kier molecular flexibility index (Phi) is 4.91. The Morgan fingerprint density at radius 2 is 2.20 bits per heavy atom. The van der Waals surface area contributed by atoms with Crippen molar-refractivity contribution in [2.75, 3.05) is 18.5 Å². The van der Waals surface area contributed by atoms with E-state index in [-0.39, 0.29) is 11.3 Å². The van der Waals surface area contributed by atoms with Crippen molar-refractivity contribution in [1.82, 2.24) is 0 Å². The number of non-ortho nitro benzene ring substituents is 1.